The number of nitriles is 1. The summed E-state index contributed by atoms with van der Waals surface area (Å²) in [5, 5.41) is 13.6. The molecule has 0 spiro atoms. The Labute approximate surface area is 219 Å². The molecule has 5 nitrogen and oxygen atoms in total. The first kappa shape index (κ1) is 26.4. The molecule has 3 rings (SSSR count). The van der Waals surface area contributed by atoms with E-state index in [0.29, 0.717) is 33.7 Å². The smallest absolute Gasteiger partial charge is 0.262 e. The van der Waals surface area contributed by atoms with Gasteiger partial charge < -0.3 is 14.8 Å². The van der Waals surface area contributed by atoms with Crippen molar-refractivity contribution < 1.29 is 14.3 Å². The fourth-order valence-electron chi connectivity index (χ4n) is 3.27. The lowest BCUT2D eigenvalue weighted by Crippen LogP contribution is -2.27. The Bertz CT molecular complexity index is 1270. The van der Waals surface area contributed by atoms with E-state index in [2.05, 4.69) is 5.32 Å². The minimum atomic E-state index is -0.488. The molecule has 1 N–H and O–H groups in total. The van der Waals surface area contributed by atoms with Crippen molar-refractivity contribution in [1.29, 1.82) is 5.26 Å². The molecule has 0 aliphatic carbocycles. The zero-order chi connectivity index (χ0) is 25.4. The van der Waals surface area contributed by atoms with E-state index >= 15 is 0 Å². The van der Waals surface area contributed by atoms with Crippen LogP contribution in [0.25, 0.3) is 6.08 Å². The summed E-state index contributed by atoms with van der Waals surface area (Å²) in [6, 6.07) is 19.7. The molecular weight excluding hydrogens is 507 g/mol. The maximum Gasteiger partial charge on any atom is 0.262 e. The van der Waals surface area contributed by atoms with E-state index < -0.39 is 5.91 Å². The second-order valence-electron chi connectivity index (χ2n) is 7.58. The topological polar surface area (TPSA) is 71.3 Å². The lowest BCUT2D eigenvalue weighted by Gasteiger charge is -2.15. The average Bonchev–Trinajstić information content (AvgIpc) is 2.84. The predicted octanol–water partition coefficient (Wildman–Crippen LogP) is 7.41. The van der Waals surface area contributed by atoms with E-state index in [0.717, 1.165) is 11.1 Å². The quantitative estimate of drug-likeness (QED) is 0.231. The van der Waals surface area contributed by atoms with Crippen molar-refractivity contribution in [2.75, 3.05) is 6.61 Å². The number of nitrogens with zero attached hydrogens (tertiary/aromatic N) is 1. The third kappa shape index (κ3) is 7.16. The molecule has 180 valence electrons. The minimum absolute atomic E-state index is 0.0595. The van der Waals surface area contributed by atoms with Crippen LogP contribution in [0.1, 0.15) is 36.6 Å². The van der Waals surface area contributed by atoms with Crippen molar-refractivity contribution in [3.63, 3.8) is 0 Å². The first-order valence-electron chi connectivity index (χ1n) is 10.8. The normalized spacial score (nSPS) is 11.9. The molecule has 0 unspecified atom stereocenters. The van der Waals surface area contributed by atoms with Crippen molar-refractivity contribution in [3.8, 4) is 17.6 Å². The molecule has 35 heavy (non-hydrogen) atoms. The summed E-state index contributed by atoms with van der Waals surface area (Å²) in [5.41, 5.74) is 2.20. The van der Waals surface area contributed by atoms with Gasteiger partial charge in [0.1, 0.15) is 18.2 Å². The molecule has 8 heteroatoms. The highest BCUT2D eigenvalue weighted by Gasteiger charge is 2.17. The van der Waals surface area contributed by atoms with Gasteiger partial charge >= 0.3 is 0 Å². The van der Waals surface area contributed by atoms with Gasteiger partial charge in [0, 0.05) is 0 Å². The van der Waals surface area contributed by atoms with Crippen molar-refractivity contribution >= 4 is 46.8 Å². The van der Waals surface area contributed by atoms with Crippen molar-refractivity contribution in [1.82, 2.24) is 5.32 Å². The van der Waals surface area contributed by atoms with Crippen LogP contribution >= 0.6 is 34.8 Å². The van der Waals surface area contributed by atoms with Crippen LogP contribution in [-0.4, -0.2) is 12.5 Å². The molecule has 0 radical (unpaired) electrons. The Balaban J connectivity index is 1.82. The first-order chi connectivity index (χ1) is 16.8. The fraction of sp³-hybridized carbons (Fsp3) is 0.185. The van der Waals surface area contributed by atoms with E-state index in [1.54, 1.807) is 30.3 Å². The van der Waals surface area contributed by atoms with Gasteiger partial charge in [-0.15, -0.1) is 0 Å². The summed E-state index contributed by atoms with van der Waals surface area (Å²) in [7, 11) is 0. The SMILES string of the molecule is CCOc1cc(/C=C(/C#N)C(=O)N[C@H](C)c2ccccc2)cc(Cl)c1OCc1ccc(Cl)c(Cl)c1. The molecule has 0 heterocycles. The van der Waals surface area contributed by atoms with Gasteiger partial charge in [-0.05, 0) is 60.9 Å². The van der Waals surface area contributed by atoms with Gasteiger partial charge in [-0.25, -0.2) is 0 Å². The second-order valence-corrected chi connectivity index (χ2v) is 8.80. The molecule has 1 amide bonds. The third-order valence-corrected chi connectivity index (χ3v) is 6.04. The predicted molar refractivity (Wildman–Crippen MR) is 140 cm³/mol. The Hall–Kier alpha value is -3.17. The molecular formula is C27H23Cl3N2O3. The molecule has 3 aromatic carbocycles. The van der Waals surface area contributed by atoms with E-state index in [1.807, 2.05) is 50.2 Å². The summed E-state index contributed by atoms with van der Waals surface area (Å²) >= 11 is 18.5. The van der Waals surface area contributed by atoms with Crippen LogP contribution in [0.15, 0.2) is 66.2 Å². The van der Waals surface area contributed by atoms with Crippen molar-refractivity contribution in [2.45, 2.75) is 26.5 Å². The lowest BCUT2D eigenvalue weighted by molar-refractivity contribution is -0.117. The van der Waals surface area contributed by atoms with Gasteiger partial charge in [-0.2, -0.15) is 5.26 Å². The monoisotopic (exact) mass is 528 g/mol. The Kier molecular flexibility index (Phi) is 9.45. The number of rotatable bonds is 9. The number of amides is 1. The van der Waals surface area contributed by atoms with Gasteiger partial charge in [-0.1, -0.05) is 71.2 Å². The maximum atomic E-state index is 12.7. The molecule has 0 aliphatic heterocycles. The zero-order valence-electron chi connectivity index (χ0n) is 19.1. The van der Waals surface area contributed by atoms with E-state index in [9.17, 15) is 10.1 Å². The number of ether oxygens (including phenoxy) is 2. The Morgan fingerprint density at radius 1 is 1.03 bits per heavy atom. The maximum absolute atomic E-state index is 12.7. The molecule has 0 saturated heterocycles. The summed E-state index contributed by atoms with van der Waals surface area (Å²) in [6.45, 7) is 4.24. The van der Waals surface area contributed by atoms with Crippen LogP contribution in [0.2, 0.25) is 15.1 Å². The van der Waals surface area contributed by atoms with Crippen molar-refractivity contribution in [2.24, 2.45) is 0 Å². The highest BCUT2D eigenvalue weighted by molar-refractivity contribution is 6.42. The lowest BCUT2D eigenvalue weighted by atomic mass is 10.1. The number of carbonyl (C=O) groups excluding carboxylic acids is 1. The number of hydrogen-bond acceptors (Lipinski definition) is 4. The Morgan fingerprint density at radius 2 is 1.77 bits per heavy atom. The number of benzene rings is 3. The van der Waals surface area contributed by atoms with E-state index in [-0.39, 0.29) is 23.2 Å². The highest BCUT2D eigenvalue weighted by atomic mass is 35.5. The number of halogens is 3. The highest BCUT2D eigenvalue weighted by Crippen LogP contribution is 2.38. The largest absolute Gasteiger partial charge is 0.490 e. The van der Waals surface area contributed by atoms with Crippen molar-refractivity contribution in [3.05, 3.63) is 98.0 Å². The van der Waals surface area contributed by atoms with Crippen LogP contribution in [-0.2, 0) is 11.4 Å². The molecule has 0 aliphatic rings. The van der Waals surface area contributed by atoms with Gasteiger partial charge in [0.2, 0.25) is 0 Å². The number of nitrogens with one attached hydrogen (secondary N) is 1. The molecule has 1 atom stereocenters. The van der Waals surface area contributed by atoms with Crippen LogP contribution < -0.4 is 14.8 Å². The van der Waals surface area contributed by atoms with E-state index in [4.69, 9.17) is 44.3 Å². The zero-order valence-corrected chi connectivity index (χ0v) is 21.4. The molecule has 0 bridgehead atoms. The molecule has 0 saturated carbocycles. The number of carbonyl (C=O) groups is 1. The summed E-state index contributed by atoms with van der Waals surface area (Å²) in [4.78, 5) is 12.7. The second kappa shape index (κ2) is 12.5. The van der Waals surface area contributed by atoms with Crippen LogP contribution in [0, 0.1) is 11.3 Å². The summed E-state index contributed by atoms with van der Waals surface area (Å²) < 4.78 is 11.6. The molecule has 0 aromatic heterocycles. The van der Waals surface area contributed by atoms with Crippen LogP contribution in [0.4, 0.5) is 0 Å². The van der Waals surface area contributed by atoms with Crippen LogP contribution in [0.3, 0.4) is 0 Å². The van der Waals surface area contributed by atoms with Gasteiger partial charge in [0.15, 0.2) is 11.5 Å². The third-order valence-electron chi connectivity index (χ3n) is 5.02. The van der Waals surface area contributed by atoms with Gasteiger partial charge in [-0.3, -0.25) is 4.79 Å². The summed E-state index contributed by atoms with van der Waals surface area (Å²) in [6.07, 6.45) is 1.46. The Morgan fingerprint density at radius 3 is 2.43 bits per heavy atom. The summed E-state index contributed by atoms with van der Waals surface area (Å²) in [5.74, 6) is 0.247. The standard InChI is InChI=1S/C27H23Cl3N2O3/c1-3-34-25-14-19(11-21(15-31)27(33)32-17(2)20-7-5-4-6-8-20)13-24(30)26(25)35-16-18-9-10-22(28)23(29)12-18/h4-14,17H,3,16H2,1-2H3,(H,32,33)/b21-11-/t17-/m1/s1. The van der Waals surface area contributed by atoms with Crippen LogP contribution in [0.5, 0.6) is 11.5 Å². The molecule has 0 fully saturated rings. The van der Waals surface area contributed by atoms with E-state index in [1.165, 1.54) is 6.08 Å². The van der Waals surface area contributed by atoms with Gasteiger partial charge in [0.05, 0.1) is 27.7 Å². The molecule has 3 aromatic rings. The minimum Gasteiger partial charge on any atom is -0.490 e. The van der Waals surface area contributed by atoms with Gasteiger partial charge in [0.25, 0.3) is 5.91 Å². The first-order valence-corrected chi connectivity index (χ1v) is 12.0. The fourth-order valence-corrected chi connectivity index (χ4v) is 3.87. The average molecular weight is 530 g/mol. The number of hydrogen-bond donors (Lipinski definition) is 1.